The van der Waals surface area contributed by atoms with E-state index < -0.39 is 6.01 Å². The van der Waals surface area contributed by atoms with Crippen LogP contribution in [0, 0.1) is 0 Å². The number of hydrogen-bond acceptors (Lipinski definition) is 1. The highest BCUT2D eigenvalue weighted by Crippen LogP contribution is 2.17. The summed E-state index contributed by atoms with van der Waals surface area (Å²) in [7, 11) is 4.31. The molecule has 0 unspecified atom stereocenters. The SMILES string of the molecule is [B]C(F)(F)Oc1ccccc1. The van der Waals surface area contributed by atoms with Gasteiger partial charge in [0.2, 0.25) is 7.85 Å². The summed E-state index contributed by atoms with van der Waals surface area (Å²) < 4.78 is 28.0. The fraction of sp³-hybridized carbons (Fsp3) is 0.143. The Balaban J connectivity index is 2.66. The summed E-state index contributed by atoms with van der Waals surface area (Å²) in [6, 6.07) is 4.08. The molecule has 0 aliphatic heterocycles. The molecule has 0 saturated carbocycles. The molecule has 0 bridgehead atoms. The zero-order chi connectivity index (χ0) is 8.32. The third-order valence-corrected chi connectivity index (χ3v) is 0.997. The highest BCUT2D eigenvalue weighted by atomic mass is 19.3. The second-order valence-corrected chi connectivity index (χ2v) is 1.98. The van der Waals surface area contributed by atoms with E-state index in [1.807, 2.05) is 0 Å². The Morgan fingerprint density at radius 2 is 1.73 bits per heavy atom. The third kappa shape index (κ3) is 3.02. The number of hydrogen-bond donors (Lipinski definition) is 0. The van der Waals surface area contributed by atoms with E-state index in [1.54, 1.807) is 18.2 Å². The van der Waals surface area contributed by atoms with E-state index in [1.165, 1.54) is 12.1 Å². The van der Waals surface area contributed by atoms with Crippen LogP contribution < -0.4 is 4.74 Å². The summed E-state index contributed by atoms with van der Waals surface area (Å²) in [4.78, 5) is 0. The van der Waals surface area contributed by atoms with Crippen LogP contribution in [-0.2, 0) is 0 Å². The van der Waals surface area contributed by atoms with Gasteiger partial charge in [0.05, 0.1) is 0 Å². The topological polar surface area (TPSA) is 9.23 Å². The average molecular weight is 154 g/mol. The van der Waals surface area contributed by atoms with E-state index in [9.17, 15) is 8.78 Å². The molecular formula is C7H5BF2O. The fourth-order valence-corrected chi connectivity index (χ4v) is 0.646. The van der Waals surface area contributed by atoms with Crippen LogP contribution in [-0.4, -0.2) is 13.9 Å². The number of rotatable bonds is 2. The van der Waals surface area contributed by atoms with Gasteiger partial charge in [-0.15, -0.1) is 0 Å². The number of ether oxygens (including phenoxy) is 1. The van der Waals surface area contributed by atoms with Crippen LogP contribution in [0.15, 0.2) is 30.3 Å². The third-order valence-electron chi connectivity index (χ3n) is 0.997. The number of alkyl halides is 2. The molecule has 0 aromatic heterocycles. The van der Waals surface area contributed by atoms with Gasteiger partial charge < -0.3 is 4.74 Å². The smallest absolute Gasteiger partial charge is 0.335 e. The summed E-state index contributed by atoms with van der Waals surface area (Å²) in [6.07, 6.45) is 0. The second-order valence-electron chi connectivity index (χ2n) is 1.98. The Labute approximate surface area is 64.4 Å². The van der Waals surface area contributed by atoms with E-state index >= 15 is 0 Å². The highest BCUT2D eigenvalue weighted by Gasteiger charge is 2.21. The maximum absolute atomic E-state index is 12.0. The summed E-state index contributed by atoms with van der Waals surface area (Å²) in [6.45, 7) is 0. The van der Waals surface area contributed by atoms with Crippen molar-refractivity contribution in [1.82, 2.24) is 0 Å². The van der Waals surface area contributed by atoms with Crippen molar-refractivity contribution in [3.8, 4) is 5.75 Å². The van der Waals surface area contributed by atoms with Gasteiger partial charge in [-0.1, -0.05) is 18.2 Å². The Morgan fingerprint density at radius 1 is 1.18 bits per heavy atom. The second kappa shape index (κ2) is 2.90. The van der Waals surface area contributed by atoms with Gasteiger partial charge in [-0.3, -0.25) is 0 Å². The van der Waals surface area contributed by atoms with Crippen LogP contribution in [0.1, 0.15) is 0 Å². The van der Waals surface area contributed by atoms with Crippen LogP contribution in [0.4, 0.5) is 8.78 Å². The lowest BCUT2D eigenvalue weighted by atomic mass is 10.1. The molecular weight excluding hydrogens is 149 g/mol. The normalized spacial score (nSPS) is 11.1. The predicted molar refractivity (Wildman–Crippen MR) is 37.8 cm³/mol. The summed E-state index contributed by atoms with van der Waals surface area (Å²) >= 11 is 0. The van der Waals surface area contributed by atoms with Crippen LogP contribution in [0.25, 0.3) is 0 Å². The molecule has 0 saturated heterocycles. The predicted octanol–water partition coefficient (Wildman–Crippen LogP) is 1.78. The molecule has 11 heavy (non-hydrogen) atoms. The minimum atomic E-state index is -3.60. The number of benzene rings is 1. The number of halogens is 2. The molecule has 0 aliphatic carbocycles. The van der Waals surface area contributed by atoms with Gasteiger partial charge >= 0.3 is 6.01 Å². The lowest BCUT2D eigenvalue weighted by molar-refractivity contribution is -0.0972. The maximum Gasteiger partial charge on any atom is 0.335 e. The van der Waals surface area contributed by atoms with Crippen molar-refractivity contribution in [1.29, 1.82) is 0 Å². The zero-order valence-corrected chi connectivity index (χ0v) is 5.63. The molecule has 4 heteroatoms. The minimum Gasteiger partial charge on any atom is -0.441 e. The van der Waals surface area contributed by atoms with E-state index in [2.05, 4.69) is 12.6 Å². The lowest BCUT2D eigenvalue weighted by Gasteiger charge is -2.12. The van der Waals surface area contributed by atoms with Gasteiger partial charge in [0.1, 0.15) is 5.75 Å². The van der Waals surface area contributed by atoms with E-state index in [4.69, 9.17) is 0 Å². The van der Waals surface area contributed by atoms with Crippen molar-refractivity contribution in [2.45, 2.75) is 6.01 Å². The monoisotopic (exact) mass is 154 g/mol. The number of para-hydroxylation sites is 1. The molecule has 1 aromatic carbocycles. The molecule has 0 N–H and O–H groups in total. The van der Waals surface area contributed by atoms with Crippen molar-refractivity contribution in [2.24, 2.45) is 0 Å². The minimum absolute atomic E-state index is 0.0556. The summed E-state index contributed by atoms with van der Waals surface area (Å²) in [5.74, 6) is 0.0556. The summed E-state index contributed by atoms with van der Waals surface area (Å²) in [5, 5.41) is 0. The molecule has 0 atom stereocenters. The van der Waals surface area contributed by atoms with E-state index in [0.29, 0.717) is 0 Å². The van der Waals surface area contributed by atoms with Crippen molar-refractivity contribution >= 4 is 7.85 Å². The molecule has 0 spiro atoms. The quantitative estimate of drug-likeness (QED) is 0.589. The van der Waals surface area contributed by atoms with Gasteiger partial charge in [-0.2, -0.15) is 8.78 Å². The van der Waals surface area contributed by atoms with Crippen LogP contribution in [0.5, 0.6) is 5.75 Å². The largest absolute Gasteiger partial charge is 0.441 e. The molecule has 0 fully saturated rings. The average Bonchev–Trinajstić information content (AvgIpc) is 1.85. The Kier molecular flexibility index (Phi) is 2.12. The Bertz CT molecular complexity index is 220. The van der Waals surface area contributed by atoms with Crippen LogP contribution >= 0.6 is 0 Å². The highest BCUT2D eigenvalue weighted by molar-refractivity contribution is 6.12. The Hall–Kier alpha value is -1.06. The molecule has 1 aromatic rings. The molecule has 1 nitrogen and oxygen atoms in total. The van der Waals surface area contributed by atoms with Crippen LogP contribution in [0.2, 0.25) is 0 Å². The van der Waals surface area contributed by atoms with Crippen molar-refractivity contribution in [2.75, 3.05) is 0 Å². The molecule has 2 radical (unpaired) electrons. The van der Waals surface area contributed by atoms with Gasteiger partial charge in [0.15, 0.2) is 0 Å². The molecule has 0 amide bonds. The van der Waals surface area contributed by atoms with Gasteiger partial charge in [-0.25, -0.2) is 0 Å². The van der Waals surface area contributed by atoms with Gasteiger partial charge in [0.25, 0.3) is 0 Å². The first kappa shape index (κ1) is 8.05. The zero-order valence-electron chi connectivity index (χ0n) is 5.63. The van der Waals surface area contributed by atoms with Crippen molar-refractivity contribution in [3.05, 3.63) is 30.3 Å². The first-order valence-corrected chi connectivity index (χ1v) is 2.99. The lowest BCUT2D eigenvalue weighted by Crippen LogP contribution is -2.24. The van der Waals surface area contributed by atoms with Gasteiger partial charge in [-0.05, 0) is 12.1 Å². The van der Waals surface area contributed by atoms with Gasteiger partial charge in [0, 0.05) is 0 Å². The van der Waals surface area contributed by atoms with Crippen molar-refractivity contribution < 1.29 is 13.5 Å². The molecule has 0 heterocycles. The van der Waals surface area contributed by atoms with E-state index in [0.717, 1.165) is 0 Å². The summed E-state index contributed by atoms with van der Waals surface area (Å²) in [5.41, 5.74) is 0. The fourth-order valence-electron chi connectivity index (χ4n) is 0.646. The molecule has 1 rings (SSSR count). The first-order chi connectivity index (χ1) is 5.08. The van der Waals surface area contributed by atoms with E-state index in [-0.39, 0.29) is 5.75 Å². The maximum atomic E-state index is 12.0. The molecule has 0 aliphatic rings. The van der Waals surface area contributed by atoms with Crippen molar-refractivity contribution in [3.63, 3.8) is 0 Å². The van der Waals surface area contributed by atoms with Crippen LogP contribution in [0.3, 0.4) is 0 Å². The Morgan fingerprint density at radius 3 is 2.18 bits per heavy atom. The first-order valence-electron chi connectivity index (χ1n) is 2.99. The standard InChI is InChI=1S/C7H5BF2O/c8-7(9,10)11-6-4-2-1-3-5-6/h1-5H. The molecule has 56 valence electrons.